The third kappa shape index (κ3) is 0.481. The summed E-state index contributed by atoms with van der Waals surface area (Å²) >= 11 is 0. The standard InChI is InChI=1S/C10H14O2/c1-9-6-7-3-5-12-10(7,9)4-2-8(9)11/h7H,2-6H2,1H3/t7-,9+,10-/m0/s1. The SMILES string of the molecule is C[C@]12C[C@@H]3CCO[C@@]31CCC2=O. The molecule has 1 saturated heterocycles. The molecule has 2 saturated carbocycles. The average Bonchev–Trinajstić information content (AvgIpc) is 2.46. The lowest BCUT2D eigenvalue weighted by Gasteiger charge is -2.54. The molecule has 0 bridgehead atoms. The largest absolute Gasteiger partial charge is 0.374 e. The quantitative estimate of drug-likeness (QED) is 0.545. The summed E-state index contributed by atoms with van der Waals surface area (Å²) in [5, 5.41) is 0. The highest BCUT2D eigenvalue weighted by Gasteiger charge is 2.71. The molecule has 0 aromatic heterocycles. The first-order valence-electron chi connectivity index (χ1n) is 4.86. The molecule has 3 fully saturated rings. The molecule has 0 radical (unpaired) electrons. The first-order chi connectivity index (χ1) is 5.69. The van der Waals surface area contributed by atoms with Crippen molar-refractivity contribution in [2.75, 3.05) is 6.61 Å². The number of carbonyl (C=O) groups is 1. The van der Waals surface area contributed by atoms with Crippen molar-refractivity contribution in [2.24, 2.45) is 11.3 Å². The number of hydrogen-bond acceptors (Lipinski definition) is 2. The van der Waals surface area contributed by atoms with Gasteiger partial charge in [0.15, 0.2) is 0 Å². The van der Waals surface area contributed by atoms with Gasteiger partial charge in [0, 0.05) is 13.0 Å². The summed E-state index contributed by atoms with van der Waals surface area (Å²) in [6, 6.07) is 0. The maximum atomic E-state index is 11.6. The Morgan fingerprint density at radius 3 is 3.08 bits per heavy atom. The van der Waals surface area contributed by atoms with Crippen LogP contribution in [-0.2, 0) is 9.53 Å². The predicted molar refractivity (Wildman–Crippen MR) is 43.8 cm³/mol. The molecule has 3 rings (SSSR count). The Bertz CT molecular complexity index is 261. The maximum Gasteiger partial charge on any atom is 0.141 e. The first kappa shape index (κ1) is 7.07. The molecule has 1 heterocycles. The lowest BCUT2D eigenvalue weighted by atomic mass is 9.53. The zero-order valence-corrected chi connectivity index (χ0v) is 7.43. The second-order valence-corrected chi connectivity index (χ2v) is 4.68. The van der Waals surface area contributed by atoms with Gasteiger partial charge in [-0.1, -0.05) is 0 Å². The molecule has 1 spiro atoms. The third-order valence-corrected chi connectivity index (χ3v) is 4.41. The summed E-state index contributed by atoms with van der Waals surface area (Å²) < 4.78 is 5.82. The van der Waals surface area contributed by atoms with E-state index in [0.717, 1.165) is 25.9 Å². The molecule has 0 unspecified atom stereocenters. The van der Waals surface area contributed by atoms with Gasteiger partial charge in [0.2, 0.25) is 0 Å². The van der Waals surface area contributed by atoms with Gasteiger partial charge >= 0.3 is 0 Å². The van der Waals surface area contributed by atoms with Crippen molar-refractivity contribution >= 4 is 5.78 Å². The Hall–Kier alpha value is -0.370. The molecule has 3 aliphatic rings. The summed E-state index contributed by atoms with van der Waals surface area (Å²) in [6.07, 6.45) is 4.02. The normalized spacial score (nSPS) is 56.4. The zero-order chi connectivity index (χ0) is 8.40. The fourth-order valence-electron chi connectivity index (χ4n) is 3.62. The Labute approximate surface area is 72.3 Å². The van der Waals surface area contributed by atoms with E-state index in [0.29, 0.717) is 11.7 Å². The molecule has 2 aliphatic carbocycles. The van der Waals surface area contributed by atoms with Crippen molar-refractivity contribution < 1.29 is 9.53 Å². The van der Waals surface area contributed by atoms with Gasteiger partial charge in [-0.25, -0.2) is 0 Å². The van der Waals surface area contributed by atoms with Gasteiger partial charge in [-0.15, -0.1) is 0 Å². The molecule has 12 heavy (non-hydrogen) atoms. The van der Waals surface area contributed by atoms with E-state index in [4.69, 9.17) is 4.74 Å². The van der Waals surface area contributed by atoms with Crippen LogP contribution in [0.4, 0.5) is 0 Å². The monoisotopic (exact) mass is 166 g/mol. The predicted octanol–water partition coefficient (Wildman–Crippen LogP) is 1.53. The lowest BCUT2D eigenvalue weighted by molar-refractivity contribution is -0.178. The summed E-state index contributed by atoms with van der Waals surface area (Å²) in [5.41, 5.74) is -0.0851. The number of ether oxygens (including phenoxy) is 1. The molecule has 66 valence electrons. The molecule has 0 aromatic carbocycles. The zero-order valence-electron chi connectivity index (χ0n) is 7.43. The molecule has 3 atom stereocenters. The summed E-state index contributed by atoms with van der Waals surface area (Å²) in [6.45, 7) is 2.98. The number of hydrogen-bond donors (Lipinski definition) is 0. The molecule has 2 heteroatoms. The summed E-state index contributed by atoms with van der Waals surface area (Å²) in [7, 11) is 0. The molecule has 1 aliphatic heterocycles. The fourth-order valence-corrected chi connectivity index (χ4v) is 3.62. The van der Waals surface area contributed by atoms with E-state index in [1.54, 1.807) is 0 Å². The van der Waals surface area contributed by atoms with Crippen molar-refractivity contribution in [3.05, 3.63) is 0 Å². The number of Topliss-reactive ketones (excluding diaryl/α,β-unsaturated/α-hetero) is 1. The molecular formula is C10H14O2. The van der Waals surface area contributed by atoms with Crippen molar-refractivity contribution in [3.63, 3.8) is 0 Å². The van der Waals surface area contributed by atoms with Crippen LogP contribution in [0.25, 0.3) is 0 Å². The third-order valence-electron chi connectivity index (χ3n) is 4.41. The van der Waals surface area contributed by atoms with Crippen LogP contribution in [0.2, 0.25) is 0 Å². The highest BCUT2D eigenvalue weighted by Crippen LogP contribution is 2.66. The van der Waals surface area contributed by atoms with Crippen molar-refractivity contribution in [3.8, 4) is 0 Å². The van der Waals surface area contributed by atoms with Crippen LogP contribution < -0.4 is 0 Å². The first-order valence-corrected chi connectivity index (χ1v) is 4.86. The number of carbonyl (C=O) groups excluding carboxylic acids is 1. The Morgan fingerprint density at radius 1 is 1.58 bits per heavy atom. The Morgan fingerprint density at radius 2 is 2.42 bits per heavy atom. The van der Waals surface area contributed by atoms with Gasteiger partial charge in [0.1, 0.15) is 5.78 Å². The van der Waals surface area contributed by atoms with Gasteiger partial charge in [0.25, 0.3) is 0 Å². The van der Waals surface area contributed by atoms with E-state index in [9.17, 15) is 4.79 Å². The second-order valence-electron chi connectivity index (χ2n) is 4.68. The van der Waals surface area contributed by atoms with E-state index in [1.807, 2.05) is 0 Å². The minimum atomic E-state index is -0.0891. The van der Waals surface area contributed by atoms with Crippen molar-refractivity contribution in [2.45, 2.75) is 38.2 Å². The van der Waals surface area contributed by atoms with E-state index in [-0.39, 0.29) is 11.0 Å². The van der Waals surface area contributed by atoms with Crippen LogP contribution in [0.1, 0.15) is 32.6 Å². The number of ketones is 1. The van der Waals surface area contributed by atoms with E-state index in [1.165, 1.54) is 6.42 Å². The van der Waals surface area contributed by atoms with Gasteiger partial charge < -0.3 is 4.74 Å². The Kier molecular flexibility index (Phi) is 1.04. The fraction of sp³-hybridized carbons (Fsp3) is 0.900. The van der Waals surface area contributed by atoms with E-state index >= 15 is 0 Å². The van der Waals surface area contributed by atoms with Crippen LogP contribution in [0, 0.1) is 11.3 Å². The minimum Gasteiger partial charge on any atom is -0.374 e. The van der Waals surface area contributed by atoms with E-state index in [2.05, 4.69) is 6.92 Å². The highest BCUT2D eigenvalue weighted by atomic mass is 16.5. The van der Waals surface area contributed by atoms with Crippen molar-refractivity contribution in [1.82, 2.24) is 0 Å². The lowest BCUT2D eigenvalue weighted by Crippen LogP contribution is -2.59. The number of rotatable bonds is 0. The van der Waals surface area contributed by atoms with Crippen LogP contribution >= 0.6 is 0 Å². The molecular weight excluding hydrogens is 152 g/mol. The molecule has 0 N–H and O–H groups in total. The smallest absolute Gasteiger partial charge is 0.141 e. The van der Waals surface area contributed by atoms with Gasteiger partial charge in [-0.3, -0.25) is 4.79 Å². The highest BCUT2D eigenvalue weighted by molar-refractivity contribution is 5.90. The van der Waals surface area contributed by atoms with Crippen LogP contribution in [0.3, 0.4) is 0 Å². The van der Waals surface area contributed by atoms with Crippen LogP contribution in [-0.4, -0.2) is 18.0 Å². The van der Waals surface area contributed by atoms with Gasteiger partial charge in [-0.2, -0.15) is 0 Å². The molecule has 2 nitrogen and oxygen atoms in total. The molecule has 0 aromatic rings. The average molecular weight is 166 g/mol. The maximum absolute atomic E-state index is 11.6. The molecule has 0 amide bonds. The topological polar surface area (TPSA) is 26.3 Å². The van der Waals surface area contributed by atoms with Crippen LogP contribution in [0.5, 0.6) is 0 Å². The van der Waals surface area contributed by atoms with Gasteiger partial charge in [0.05, 0.1) is 11.0 Å². The van der Waals surface area contributed by atoms with Crippen molar-refractivity contribution in [1.29, 1.82) is 0 Å². The summed E-state index contributed by atoms with van der Waals surface area (Å²) in [4.78, 5) is 11.6. The van der Waals surface area contributed by atoms with Crippen LogP contribution in [0.15, 0.2) is 0 Å². The second kappa shape index (κ2) is 1.77. The minimum absolute atomic E-state index is 0.00405. The Balaban J connectivity index is 2.06. The van der Waals surface area contributed by atoms with E-state index < -0.39 is 0 Å². The summed E-state index contributed by atoms with van der Waals surface area (Å²) in [5.74, 6) is 1.15. The van der Waals surface area contributed by atoms with Gasteiger partial charge in [-0.05, 0) is 32.1 Å².